The molecule has 1 amide bonds. The van der Waals surface area contributed by atoms with Crippen LogP contribution in [0, 0.1) is 0 Å². The SMILES string of the molecule is COc1ccc(C(=O)OCC(=O)NCC(F)(F)F)cc1S(=O)(=O)NCc1ccc(Cl)cc1. The van der Waals surface area contributed by atoms with Gasteiger partial charge in [0.25, 0.3) is 5.91 Å². The maximum absolute atomic E-state index is 12.7. The molecule has 13 heteroatoms. The third kappa shape index (κ3) is 7.70. The molecule has 0 atom stereocenters. The minimum absolute atomic E-state index is 0.0620. The maximum atomic E-state index is 12.7. The Bertz CT molecular complexity index is 1080. The number of sulfonamides is 1. The minimum atomic E-state index is -4.61. The Morgan fingerprint density at radius 2 is 1.75 bits per heavy atom. The van der Waals surface area contributed by atoms with Crippen LogP contribution >= 0.6 is 11.6 Å². The van der Waals surface area contributed by atoms with Gasteiger partial charge in [-0.2, -0.15) is 13.2 Å². The first kappa shape index (κ1) is 25.4. The van der Waals surface area contributed by atoms with Crippen molar-refractivity contribution >= 4 is 33.5 Å². The van der Waals surface area contributed by atoms with E-state index in [4.69, 9.17) is 16.3 Å². The lowest BCUT2D eigenvalue weighted by molar-refractivity contribution is -0.140. The predicted molar refractivity (Wildman–Crippen MR) is 108 cm³/mol. The molecule has 2 aromatic carbocycles. The first-order valence-electron chi connectivity index (χ1n) is 8.84. The fourth-order valence-electron chi connectivity index (χ4n) is 2.34. The number of ether oxygens (including phenoxy) is 2. The van der Waals surface area contributed by atoms with E-state index in [0.717, 1.165) is 6.07 Å². The Kier molecular flexibility index (Phi) is 8.47. The van der Waals surface area contributed by atoms with Crippen molar-refractivity contribution in [2.24, 2.45) is 0 Å². The van der Waals surface area contributed by atoms with Crippen molar-refractivity contribution in [3.05, 3.63) is 58.6 Å². The highest BCUT2D eigenvalue weighted by molar-refractivity contribution is 7.89. The Balaban J connectivity index is 2.10. The van der Waals surface area contributed by atoms with Crippen molar-refractivity contribution in [2.45, 2.75) is 17.6 Å². The van der Waals surface area contributed by atoms with Crippen LogP contribution in [0.5, 0.6) is 5.75 Å². The number of alkyl halides is 3. The van der Waals surface area contributed by atoms with Gasteiger partial charge in [0.05, 0.1) is 12.7 Å². The van der Waals surface area contributed by atoms with Gasteiger partial charge in [0.1, 0.15) is 17.2 Å². The van der Waals surface area contributed by atoms with Gasteiger partial charge in [-0.05, 0) is 35.9 Å². The van der Waals surface area contributed by atoms with Gasteiger partial charge in [-0.25, -0.2) is 17.9 Å². The lowest BCUT2D eigenvalue weighted by Crippen LogP contribution is -2.36. The number of hydrogen-bond acceptors (Lipinski definition) is 6. The Hall–Kier alpha value is -2.83. The van der Waals surface area contributed by atoms with E-state index in [-0.39, 0.29) is 22.8 Å². The molecule has 32 heavy (non-hydrogen) atoms. The fourth-order valence-corrected chi connectivity index (χ4v) is 3.67. The molecule has 0 radical (unpaired) electrons. The number of carbonyl (C=O) groups is 2. The van der Waals surface area contributed by atoms with Gasteiger partial charge in [-0.3, -0.25) is 4.79 Å². The third-order valence-corrected chi connectivity index (χ3v) is 5.56. The predicted octanol–water partition coefficient (Wildman–Crippen LogP) is 2.66. The zero-order chi connectivity index (χ0) is 23.9. The van der Waals surface area contributed by atoms with Crippen LogP contribution in [-0.4, -0.2) is 46.7 Å². The molecule has 2 N–H and O–H groups in total. The van der Waals surface area contributed by atoms with E-state index in [0.29, 0.717) is 10.6 Å². The van der Waals surface area contributed by atoms with Crippen LogP contribution in [0.4, 0.5) is 13.2 Å². The molecule has 0 unspecified atom stereocenters. The zero-order valence-electron chi connectivity index (χ0n) is 16.5. The Morgan fingerprint density at radius 3 is 2.34 bits per heavy atom. The van der Waals surface area contributed by atoms with Crippen molar-refractivity contribution in [2.75, 3.05) is 20.3 Å². The normalized spacial score (nSPS) is 11.7. The summed E-state index contributed by atoms with van der Waals surface area (Å²) in [4.78, 5) is 23.1. The first-order valence-corrected chi connectivity index (χ1v) is 10.7. The average molecular weight is 495 g/mol. The molecule has 0 fully saturated rings. The highest BCUT2D eigenvalue weighted by Crippen LogP contribution is 2.25. The van der Waals surface area contributed by atoms with Gasteiger partial charge in [0.2, 0.25) is 10.0 Å². The highest BCUT2D eigenvalue weighted by atomic mass is 35.5. The van der Waals surface area contributed by atoms with Crippen LogP contribution in [0.2, 0.25) is 5.02 Å². The second-order valence-corrected chi connectivity index (χ2v) is 8.46. The van der Waals surface area contributed by atoms with Gasteiger partial charge in [-0.1, -0.05) is 23.7 Å². The fraction of sp³-hybridized carbons (Fsp3) is 0.263. The van der Waals surface area contributed by atoms with E-state index in [1.807, 2.05) is 0 Å². The van der Waals surface area contributed by atoms with Crippen LogP contribution in [0.15, 0.2) is 47.4 Å². The van der Waals surface area contributed by atoms with Crippen molar-refractivity contribution in [1.82, 2.24) is 10.0 Å². The molecule has 0 aliphatic rings. The van der Waals surface area contributed by atoms with Gasteiger partial charge < -0.3 is 14.8 Å². The first-order chi connectivity index (χ1) is 14.9. The van der Waals surface area contributed by atoms with E-state index in [1.165, 1.54) is 19.2 Å². The number of amides is 1. The van der Waals surface area contributed by atoms with E-state index in [1.54, 1.807) is 29.6 Å². The molecule has 0 saturated carbocycles. The molecular weight excluding hydrogens is 477 g/mol. The van der Waals surface area contributed by atoms with E-state index < -0.39 is 41.2 Å². The van der Waals surface area contributed by atoms with Crippen molar-refractivity contribution in [3.8, 4) is 5.75 Å². The monoisotopic (exact) mass is 494 g/mol. The largest absolute Gasteiger partial charge is 0.495 e. The smallest absolute Gasteiger partial charge is 0.405 e. The zero-order valence-corrected chi connectivity index (χ0v) is 18.1. The quantitative estimate of drug-likeness (QED) is 0.519. The van der Waals surface area contributed by atoms with E-state index in [9.17, 15) is 31.2 Å². The highest BCUT2D eigenvalue weighted by Gasteiger charge is 2.28. The van der Waals surface area contributed by atoms with Crippen LogP contribution in [0.25, 0.3) is 0 Å². The molecule has 8 nitrogen and oxygen atoms in total. The molecule has 0 saturated heterocycles. The molecule has 0 aromatic heterocycles. The second-order valence-electron chi connectivity index (χ2n) is 6.28. The number of methoxy groups -OCH3 is 1. The molecule has 0 aliphatic heterocycles. The number of benzene rings is 2. The standard InChI is InChI=1S/C19H18ClF3N2O6S/c1-30-15-7-4-13(18(27)31-10-17(26)24-11-19(21,22)23)8-16(15)32(28,29)25-9-12-2-5-14(20)6-3-12/h2-8,25H,9-11H2,1H3,(H,24,26). The number of hydrogen-bond donors (Lipinski definition) is 2. The summed E-state index contributed by atoms with van der Waals surface area (Å²) in [5.41, 5.74) is 0.374. The van der Waals surface area contributed by atoms with Crippen LogP contribution < -0.4 is 14.8 Å². The number of halogens is 4. The Morgan fingerprint density at radius 1 is 1.09 bits per heavy atom. The van der Waals surface area contributed by atoms with E-state index >= 15 is 0 Å². The number of rotatable bonds is 9. The molecular formula is C19H18ClF3N2O6S. The molecule has 2 rings (SSSR count). The van der Waals surface area contributed by atoms with Gasteiger partial charge in [-0.15, -0.1) is 0 Å². The summed E-state index contributed by atoms with van der Waals surface area (Å²) in [5, 5.41) is 2.03. The molecule has 0 heterocycles. The van der Waals surface area contributed by atoms with Crippen molar-refractivity contribution in [1.29, 1.82) is 0 Å². The summed E-state index contributed by atoms with van der Waals surface area (Å²) in [5.74, 6) is -2.33. The van der Waals surface area contributed by atoms with Crippen molar-refractivity contribution in [3.63, 3.8) is 0 Å². The molecule has 0 bridgehead atoms. The second kappa shape index (κ2) is 10.7. The van der Waals surface area contributed by atoms with Gasteiger partial charge >= 0.3 is 12.1 Å². The summed E-state index contributed by atoms with van der Waals surface area (Å²) in [6.07, 6.45) is -4.61. The van der Waals surface area contributed by atoms with E-state index in [2.05, 4.69) is 9.46 Å². The molecule has 0 aliphatic carbocycles. The van der Waals surface area contributed by atoms with Gasteiger partial charge in [0, 0.05) is 11.6 Å². The number of esters is 1. The summed E-state index contributed by atoms with van der Waals surface area (Å²) < 4.78 is 73.8. The molecule has 2 aromatic rings. The molecule has 174 valence electrons. The Labute approximate surface area is 186 Å². The van der Waals surface area contributed by atoms with Crippen LogP contribution in [0.3, 0.4) is 0 Å². The summed E-state index contributed by atoms with van der Waals surface area (Å²) in [6.45, 7) is -2.62. The summed E-state index contributed by atoms with van der Waals surface area (Å²) >= 11 is 5.79. The lowest BCUT2D eigenvalue weighted by Gasteiger charge is -2.13. The van der Waals surface area contributed by atoms with Crippen LogP contribution in [-0.2, 0) is 26.1 Å². The lowest BCUT2D eigenvalue weighted by atomic mass is 10.2. The third-order valence-electron chi connectivity index (χ3n) is 3.89. The van der Waals surface area contributed by atoms with Gasteiger partial charge in [0.15, 0.2) is 6.61 Å². The summed E-state index contributed by atoms with van der Waals surface area (Å²) in [7, 11) is -2.91. The molecule has 0 spiro atoms. The average Bonchev–Trinajstić information content (AvgIpc) is 2.74. The minimum Gasteiger partial charge on any atom is -0.495 e. The van der Waals surface area contributed by atoms with Crippen molar-refractivity contribution < 1.29 is 40.7 Å². The maximum Gasteiger partial charge on any atom is 0.405 e. The number of carbonyl (C=O) groups excluding carboxylic acids is 2. The van der Waals surface area contributed by atoms with Crippen LogP contribution in [0.1, 0.15) is 15.9 Å². The topological polar surface area (TPSA) is 111 Å². The summed E-state index contributed by atoms with van der Waals surface area (Å²) in [6, 6.07) is 9.79. The number of nitrogens with one attached hydrogen (secondary N) is 2.